The summed E-state index contributed by atoms with van der Waals surface area (Å²) in [4.78, 5) is 32.5. The lowest BCUT2D eigenvalue weighted by Gasteiger charge is -2.08. The second-order valence-electron chi connectivity index (χ2n) is 7.43. The highest BCUT2D eigenvalue weighted by Crippen LogP contribution is 2.23. The molecule has 4 aromatic rings. The summed E-state index contributed by atoms with van der Waals surface area (Å²) in [6.45, 7) is 0.631. The molecule has 0 aliphatic rings. The second kappa shape index (κ2) is 9.29. The summed E-state index contributed by atoms with van der Waals surface area (Å²) in [5.41, 5.74) is 7.11. The number of hydrogen-bond donors (Lipinski definition) is 3. The lowest BCUT2D eigenvalue weighted by molar-refractivity contribution is -0.115. The number of nitrogens with one attached hydrogen (secondary N) is 2. The third-order valence-corrected chi connectivity index (χ3v) is 4.68. The number of benzene rings is 1. The molecule has 0 aliphatic carbocycles. The predicted octanol–water partition coefficient (Wildman–Crippen LogP) is 3.56. The summed E-state index contributed by atoms with van der Waals surface area (Å²) in [6, 6.07) is 10.1. The number of alkyl halides is 3. The van der Waals surface area contributed by atoms with Crippen molar-refractivity contribution < 1.29 is 27.2 Å². The molecular formula is C22H18F3N7O3. The average molecular weight is 485 g/mol. The number of nitrogens with zero attached hydrogens (tertiary/aromatic N) is 4. The predicted molar refractivity (Wildman–Crippen MR) is 119 cm³/mol. The zero-order valence-electron chi connectivity index (χ0n) is 18.1. The Hall–Kier alpha value is -4.68. The number of nitrogens with two attached hydrogens (primary N) is 1. The Morgan fingerprint density at radius 1 is 1.20 bits per heavy atom. The van der Waals surface area contributed by atoms with Crippen LogP contribution in [0.1, 0.15) is 26.5 Å². The van der Waals surface area contributed by atoms with Crippen molar-refractivity contribution >= 4 is 23.3 Å². The SMILES string of the molecule is Cc1cccc(-n2cc(NC(=O)c3coc(-c4ccnc(NCC(F)(F)F)c4)n3)c(C(N)=O)n2)c1. The molecule has 1 aromatic carbocycles. The Balaban J connectivity index is 1.53. The van der Waals surface area contributed by atoms with Gasteiger partial charge in [0.25, 0.3) is 11.8 Å². The third kappa shape index (κ3) is 5.63. The Kier molecular flexibility index (Phi) is 6.23. The second-order valence-corrected chi connectivity index (χ2v) is 7.43. The summed E-state index contributed by atoms with van der Waals surface area (Å²) in [7, 11) is 0. The first-order valence-electron chi connectivity index (χ1n) is 10.1. The summed E-state index contributed by atoms with van der Waals surface area (Å²) in [6.07, 6.45) is -0.627. The highest BCUT2D eigenvalue weighted by atomic mass is 19.4. The molecule has 0 radical (unpaired) electrons. The molecule has 0 unspecified atom stereocenters. The van der Waals surface area contributed by atoms with Gasteiger partial charge in [-0.25, -0.2) is 14.6 Å². The van der Waals surface area contributed by atoms with Gasteiger partial charge in [0.05, 0.1) is 17.6 Å². The largest absolute Gasteiger partial charge is 0.444 e. The van der Waals surface area contributed by atoms with Crippen molar-refractivity contribution in [2.75, 3.05) is 17.2 Å². The van der Waals surface area contributed by atoms with Crippen molar-refractivity contribution in [1.82, 2.24) is 19.7 Å². The molecule has 0 saturated carbocycles. The van der Waals surface area contributed by atoms with Gasteiger partial charge >= 0.3 is 6.18 Å². The molecule has 0 bridgehead atoms. The lowest BCUT2D eigenvalue weighted by Crippen LogP contribution is -2.21. The van der Waals surface area contributed by atoms with Gasteiger partial charge in [0.1, 0.15) is 18.6 Å². The molecule has 0 spiro atoms. The number of oxazole rings is 1. The van der Waals surface area contributed by atoms with Gasteiger partial charge in [-0.1, -0.05) is 12.1 Å². The number of anilines is 2. The van der Waals surface area contributed by atoms with Gasteiger partial charge in [-0.05, 0) is 36.8 Å². The van der Waals surface area contributed by atoms with E-state index < -0.39 is 24.5 Å². The average Bonchev–Trinajstić information content (AvgIpc) is 3.45. The van der Waals surface area contributed by atoms with Crippen LogP contribution < -0.4 is 16.4 Å². The van der Waals surface area contributed by atoms with E-state index in [4.69, 9.17) is 10.2 Å². The summed E-state index contributed by atoms with van der Waals surface area (Å²) < 4.78 is 44.0. The summed E-state index contributed by atoms with van der Waals surface area (Å²) in [5, 5.41) is 8.84. The minimum atomic E-state index is -4.41. The monoisotopic (exact) mass is 485 g/mol. The number of aromatic nitrogens is 4. The number of pyridine rings is 1. The maximum Gasteiger partial charge on any atom is 0.405 e. The zero-order chi connectivity index (χ0) is 25.2. The van der Waals surface area contributed by atoms with Crippen molar-refractivity contribution in [3.63, 3.8) is 0 Å². The van der Waals surface area contributed by atoms with Gasteiger partial charge in [-0.2, -0.15) is 18.3 Å². The van der Waals surface area contributed by atoms with Crippen molar-refractivity contribution in [3.05, 3.63) is 72.0 Å². The smallest absolute Gasteiger partial charge is 0.405 e. The summed E-state index contributed by atoms with van der Waals surface area (Å²) >= 11 is 0. The van der Waals surface area contributed by atoms with Crippen LogP contribution in [0, 0.1) is 6.92 Å². The quantitative estimate of drug-likeness (QED) is 0.363. The van der Waals surface area contributed by atoms with Crippen LogP contribution >= 0.6 is 0 Å². The topological polar surface area (TPSA) is 141 Å². The van der Waals surface area contributed by atoms with Crippen molar-refractivity contribution in [2.45, 2.75) is 13.1 Å². The Bertz CT molecular complexity index is 1390. The molecule has 0 atom stereocenters. The molecule has 3 heterocycles. The molecule has 3 aromatic heterocycles. The van der Waals surface area contributed by atoms with Crippen LogP contribution in [-0.4, -0.2) is 44.3 Å². The third-order valence-electron chi connectivity index (χ3n) is 4.68. The van der Waals surface area contributed by atoms with Crippen LogP contribution in [0.25, 0.3) is 17.1 Å². The van der Waals surface area contributed by atoms with Gasteiger partial charge in [0.2, 0.25) is 5.89 Å². The van der Waals surface area contributed by atoms with E-state index in [0.717, 1.165) is 11.8 Å². The molecule has 2 amide bonds. The number of rotatable bonds is 7. The van der Waals surface area contributed by atoms with Crippen LogP contribution in [0.5, 0.6) is 0 Å². The highest BCUT2D eigenvalue weighted by Gasteiger charge is 2.27. The van der Waals surface area contributed by atoms with Crippen molar-refractivity contribution in [3.8, 4) is 17.1 Å². The number of primary amides is 1. The van der Waals surface area contributed by atoms with Crippen LogP contribution in [0.3, 0.4) is 0 Å². The standard InChI is InChI=1S/C22H18F3N7O3/c1-12-3-2-4-14(7-12)32-9-15(18(31-32)19(26)33)29-20(34)16-10-35-21(30-16)13-5-6-27-17(8-13)28-11-22(23,24)25/h2-10H,11H2,1H3,(H2,26,33)(H,27,28)(H,29,34). The minimum Gasteiger partial charge on any atom is -0.444 e. The first-order chi connectivity index (χ1) is 16.6. The molecular weight excluding hydrogens is 467 g/mol. The van der Waals surface area contributed by atoms with E-state index in [9.17, 15) is 22.8 Å². The van der Waals surface area contributed by atoms with Crippen LogP contribution in [0.2, 0.25) is 0 Å². The van der Waals surface area contributed by atoms with Gasteiger partial charge in [-0.3, -0.25) is 9.59 Å². The van der Waals surface area contributed by atoms with E-state index in [1.165, 1.54) is 29.2 Å². The molecule has 10 nitrogen and oxygen atoms in total. The van der Waals surface area contributed by atoms with Gasteiger partial charge in [0.15, 0.2) is 11.4 Å². The van der Waals surface area contributed by atoms with Gasteiger partial charge in [0, 0.05) is 11.8 Å². The van der Waals surface area contributed by atoms with Crippen LogP contribution in [0.4, 0.5) is 24.7 Å². The number of carbonyl (C=O) groups excluding carboxylic acids is 2. The molecule has 0 aliphatic heterocycles. The van der Waals surface area contributed by atoms with E-state index in [1.54, 1.807) is 6.07 Å². The fourth-order valence-electron chi connectivity index (χ4n) is 3.10. The molecule has 0 saturated heterocycles. The van der Waals surface area contributed by atoms with Crippen LogP contribution in [-0.2, 0) is 0 Å². The number of halogens is 3. The number of aryl methyl sites for hydroxylation is 1. The van der Waals surface area contributed by atoms with Gasteiger partial charge in [-0.15, -0.1) is 0 Å². The maximum absolute atomic E-state index is 12.7. The first kappa shape index (κ1) is 23.5. The van der Waals surface area contributed by atoms with Crippen molar-refractivity contribution in [2.24, 2.45) is 5.73 Å². The van der Waals surface area contributed by atoms with E-state index in [1.807, 2.05) is 25.1 Å². The van der Waals surface area contributed by atoms with Crippen molar-refractivity contribution in [1.29, 1.82) is 0 Å². The van der Waals surface area contributed by atoms with E-state index >= 15 is 0 Å². The molecule has 13 heteroatoms. The first-order valence-corrected chi connectivity index (χ1v) is 10.1. The number of carbonyl (C=O) groups is 2. The molecule has 35 heavy (non-hydrogen) atoms. The summed E-state index contributed by atoms with van der Waals surface area (Å²) in [5.74, 6) is -1.61. The molecule has 0 fully saturated rings. The van der Waals surface area contributed by atoms with E-state index in [0.29, 0.717) is 11.3 Å². The molecule has 4 N–H and O–H groups in total. The lowest BCUT2D eigenvalue weighted by atomic mass is 10.2. The highest BCUT2D eigenvalue weighted by molar-refractivity contribution is 6.07. The Labute approximate surface area is 196 Å². The van der Waals surface area contributed by atoms with Gasteiger partial charge < -0.3 is 20.8 Å². The van der Waals surface area contributed by atoms with E-state index in [-0.39, 0.29) is 28.8 Å². The number of amides is 2. The number of hydrogen-bond acceptors (Lipinski definition) is 7. The zero-order valence-corrected chi connectivity index (χ0v) is 18.1. The Morgan fingerprint density at radius 3 is 2.71 bits per heavy atom. The molecule has 180 valence electrons. The fourth-order valence-corrected chi connectivity index (χ4v) is 3.10. The minimum absolute atomic E-state index is 0.0156. The fraction of sp³-hybridized carbons (Fsp3) is 0.136. The Morgan fingerprint density at radius 2 is 2.00 bits per heavy atom. The van der Waals surface area contributed by atoms with E-state index in [2.05, 4.69) is 25.7 Å². The normalized spacial score (nSPS) is 11.3. The maximum atomic E-state index is 12.7. The molecule has 4 rings (SSSR count). The van der Waals surface area contributed by atoms with Crippen LogP contribution in [0.15, 0.2) is 59.5 Å².